The number of hydrogen-bond donors (Lipinski definition) is 0. The first-order valence-corrected chi connectivity index (χ1v) is 8.63. The lowest BCUT2D eigenvalue weighted by Gasteiger charge is -2.19. The van der Waals surface area contributed by atoms with Gasteiger partial charge in [0, 0.05) is 28.6 Å². The van der Waals surface area contributed by atoms with Crippen molar-refractivity contribution in [2.75, 3.05) is 4.43 Å². The largest absolute Gasteiger partial charge is 0.486 e. The summed E-state index contributed by atoms with van der Waals surface area (Å²) in [7, 11) is 2.06. The number of benzene rings is 2. The molecule has 0 aliphatic heterocycles. The quantitative estimate of drug-likeness (QED) is 0.435. The van der Waals surface area contributed by atoms with E-state index in [4.69, 9.17) is 4.74 Å². The van der Waals surface area contributed by atoms with E-state index in [2.05, 4.69) is 88.9 Å². The van der Waals surface area contributed by atoms with Crippen LogP contribution in [0.2, 0.25) is 0 Å². The maximum absolute atomic E-state index is 6.24. The van der Waals surface area contributed by atoms with Gasteiger partial charge >= 0.3 is 0 Å². The summed E-state index contributed by atoms with van der Waals surface area (Å²) in [5, 5.41) is 1.22. The van der Waals surface area contributed by atoms with Crippen LogP contribution in [-0.4, -0.2) is 8.99 Å². The lowest BCUT2D eigenvalue weighted by Crippen LogP contribution is -2.08. The van der Waals surface area contributed by atoms with E-state index in [1.54, 1.807) is 0 Å². The lowest BCUT2D eigenvalue weighted by molar-refractivity contribution is 0.204. The highest BCUT2D eigenvalue weighted by atomic mass is 127. The second-order valence-corrected chi connectivity index (χ2v) is 6.22. The molecule has 1 aromatic heterocycles. The summed E-state index contributed by atoms with van der Waals surface area (Å²) >= 11 is 2.41. The zero-order chi connectivity index (χ0) is 14.7. The van der Waals surface area contributed by atoms with Gasteiger partial charge < -0.3 is 9.30 Å². The van der Waals surface area contributed by atoms with E-state index in [1.165, 1.54) is 16.5 Å². The van der Waals surface area contributed by atoms with Crippen LogP contribution >= 0.6 is 22.6 Å². The van der Waals surface area contributed by atoms with Gasteiger partial charge in [0.1, 0.15) is 11.9 Å². The minimum Gasteiger partial charge on any atom is -0.486 e. The van der Waals surface area contributed by atoms with Crippen molar-refractivity contribution in [3.63, 3.8) is 0 Å². The van der Waals surface area contributed by atoms with Crippen molar-refractivity contribution >= 4 is 33.5 Å². The fraction of sp³-hybridized carbons (Fsp3) is 0.222. The third-order valence-electron chi connectivity index (χ3n) is 3.68. The van der Waals surface area contributed by atoms with Crippen LogP contribution in [0.3, 0.4) is 0 Å². The normalized spacial score (nSPS) is 12.5. The number of rotatable bonds is 5. The van der Waals surface area contributed by atoms with E-state index in [0.717, 1.165) is 16.6 Å². The topological polar surface area (TPSA) is 14.2 Å². The maximum Gasteiger partial charge on any atom is 0.124 e. The molecule has 0 bridgehead atoms. The molecule has 2 aromatic carbocycles. The van der Waals surface area contributed by atoms with Crippen LogP contribution in [0, 0.1) is 0 Å². The second kappa shape index (κ2) is 6.52. The number of hydrogen-bond acceptors (Lipinski definition) is 1. The third kappa shape index (κ3) is 3.23. The number of halogens is 1. The molecule has 3 rings (SSSR count). The summed E-state index contributed by atoms with van der Waals surface area (Å²) in [6.07, 6.45) is 3.20. The SMILES string of the molecule is Cn1ccc2cc(O[C@@H](CCI)c3ccccc3)ccc21. The molecular formula is C18H18INO. The monoisotopic (exact) mass is 391 g/mol. The van der Waals surface area contributed by atoms with Crippen LogP contribution in [0.5, 0.6) is 5.75 Å². The molecular weight excluding hydrogens is 373 g/mol. The first kappa shape index (κ1) is 14.4. The zero-order valence-corrected chi connectivity index (χ0v) is 14.2. The Kier molecular flexibility index (Phi) is 4.48. The van der Waals surface area contributed by atoms with E-state index in [0.29, 0.717) is 0 Å². The lowest BCUT2D eigenvalue weighted by atomic mass is 10.1. The Morgan fingerprint density at radius 1 is 1.10 bits per heavy atom. The summed E-state index contributed by atoms with van der Waals surface area (Å²) < 4.78 is 9.44. The highest BCUT2D eigenvalue weighted by molar-refractivity contribution is 14.1. The van der Waals surface area contributed by atoms with Crippen LogP contribution in [0.1, 0.15) is 18.1 Å². The molecule has 0 radical (unpaired) electrons. The van der Waals surface area contributed by atoms with Gasteiger partial charge in [-0.05, 0) is 36.2 Å². The van der Waals surface area contributed by atoms with Crippen LogP contribution in [0.4, 0.5) is 0 Å². The number of ether oxygens (including phenoxy) is 1. The first-order valence-electron chi connectivity index (χ1n) is 7.10. The van der Waals surface area contributed by atoms with Gasteiger partial charge in [-0.1, -0.05) is 52.9 Å². The molecule has 0 N–H and O–H groups in total. The minimum absolute atomic E-state index is 0.115. The van der Waals surface area contributed by atoms with Gasteiger partial charge in [0.2, 0.25) is 0 Å². The molecule has 0 saturated heterocycles. The number of nitrogens with zero attached hydrogens (tertiary/aromatic N) is 1. The summed E-state index contributed by atoms with van der Waals surface area (Å²) in [5.74, 6) is 0.937. The summed E-state index contributed by atoms with van der Waals surface area (Å²) in [4.78, 5) is 0. The van der Waals surface area contributed by atoms with Gasteiger partial charge in [0.05, 0.1) is 0 Å². The van der Waals surface area contributed by atoms with Crippen LogP contribution in [0.15, 0.2) is 60.8 Å². The molecule has 21 heavy (non-hydrogen) atoms. The fourth-order valence-corrected chi connectivity index (χ4v) is 3.12. The van der Waals surface area contributed by atoms with Gasteiger partial charge in [-0.15, -0.1) is 0 Å². The van der Waals surface area contributed by atoms with E-state index >= 15 is 0 Å². The average Bonchev–Trinajstić information content (AvgIpc) is 2.89. The zero-order valence-electron chi connectivity index (χ0n) is 12.0. The van der Waals surface area contributed by atoms with Crippen molar-refractivity contribution in [1.82, 2.24) is 4.57 Å². The van der Waals surface area contributed by atoms with Crippen LogP contribution < -0.4 is 4.74 Å². The predicted molar refractivity (Wildman–Crippen MR) is 96.2 cm³/mol. The Morgan fingerprint density at radius 2 is 1.90 bits per heavy atom. The molecule has 0 spiro atoms. The van der Waals surface area contributed by atoms with Gasteiger partial charge in [-0.25, -0.2) is 0 Å². The number of aromatic nitrogens is 1. The van der Waals surface area contributed by atoms with E-state index < -0.39 is 0 Å². The summed E-state index contributed by atoms with van der Waals surface area (Å²) in [5.41, 5.74) is 2.47. The molecule has 3 heteroatoms. The molecule has 0 aliphatic carbocycles. The summed E-state index contributed by atoms with van der Waals surface area (Å²) in [6.45, 7) is 0. The van der Waals surface area contributed by atoms with Gasteiger partial charge in [0.25, 0.3) is 0 Å². The van der Waals surface area contributed by atoms with Crippen molar-refractivity contribution in [3.8, 4) is 5.75 Å². The smallest absolute Gasteiger partial charge is 0.124 e. The van der Waals surface area contributed by atoms with Crippen molar-refractivity contribution in [2.45, 2.75) is 12.5 Å². The Balaban J connectivity index is 1.87. The van der Waals surface area contributed by atoms with Crippen LogP contribution in [0.25, 0.3) is 10.9 Å². The molecule has 0 aliphatic rings. The first-order chi connectivity index (χ1) is 10.3. The minimum atomic E-state index is 0.115. The molecule has 3 aromatic rings. The summed E-state index contributed by atoms with van der Waals surface area (Å²) in [6, 6.07) is 18.9. The van der Waals surface area contributed by atoms with E-state index in [9.17, 15) is 0 Å². The number of fused-ring (bicyclic) bond motifs is 1. The molecule has 0 saturated carbocycles. The van der Waals surface area contributed by atoms with Gasteiger partial charge in [-0.2, -0.15) is 0 Å². The molecule has 0 unspecified atom stereocenters. The molecule has 108 valence electrons. The molecule has 1 atom stereocenters. The van der Waals surface area contributed by atoms with Crippen molar-refractivity contribution in [2.24, 2.45) is 7.05 Å². The molecule has 0 amide bonds. The highest BCUT2D eigenvalue weighted by Crippen LogP contribution is 2.28. The maximum atomic E-state index is 6.24. The predicted octanol–water partition coefficient (Wildman–Crippen LogP) is 5.12. The molecule has 0 fully saturated rings. The Hall–Kier alpha value is -1.49. The van der Waals surface area contributed by atoms with Crippen molar-refractivity contribution in [1.29, 1.82) is 0 Å². The number of aryl methyl sites for hydroxylation is 1. The fourth-order valence-electron chi connectivity index (χ4n) is 2.56. The van der Waals surface area contributed by atoms with Gasteiger partial charge in [-0.3, -0.25) is 0 Å². The van der Waals surface area contributed by atoms with E-state index in [1.807, 2.05) is 6.07 Å². The Labute approximate surface area is 138 Å². The van der Waals surface area contributed by atoms with Crippen molar-refractivity contribution < 1.29 is 4.74 Å². The number of alkyl halides is 1. The van der Waals surface area contributed by atoms with Crippen molar-refractivity contribution in [3.05, 3.63) is 66.4 Å². The average molecular weight is 391 g/mol. The molecule has 1 heterocycles. The Morgan fingerprint density at radius 3 is 2.67 bits per heavy atom. The standard InChI is InChI=1S/C18H18INO/c1-20-12-10-15-13-16(7-8-17(15)20)21-18(9-11-19)14-5-3-2-4-6-14/h2-8,10,12-13,18H,9,11H2,1H3/t18-/m0/s1. The van der Waals surface area contributed by atoms with Gasteiger partial charge in [0.15, 0.2) is 0 Å². The van der Waals surface area contributed by atoms with Crippen LogP contribution in [-0.2, 0) is 7.05 Å². The third-order valence-corrected chi connectivity index (χ3v) is 4.30. The second-order valence-electron chi connectivity index (χ2n) is 5.14. The van der Waals surface area contributed by atoms with E-state index in [-0.39, 0.29) is 6.10 Å². The molecule has 2 nitrogen and oxygen atoms in total. The Bertz CT molecular complexity index is 720. The highest BCUT2D eigenvalue weighted by Gasteiger charge is 2.13.